The van der Waals surface area contributed by atoms with E-state index in [-0.39, 0.29) is 0 Å². The van der Waals surface area contributed by atoms with E-state index >= 15 is 0 Å². The summed E-state index contributed by atoms with van der Waals surface area (Å²) in [5, 5.41) is 7.59. The Morgan fingerprint density at radius 3 is 1.16 bits per heavy atom. The van der Waals surface area contributed by atoms with E-state index < -0.39 is 0 Å². The van der Waals surface area contributed by atoms with E-state index in [9.17, 15) is 0 Å². The second-order valence-corrected chi connectivity index (χ2v) is 16.5. The fraction of sp³-hybridized carbons (Fsp3) is 0. The molecule has 8 aromatic carbocycles. The molecule has 0 aliphatic rings. The van der Waals surface area contributed by atoms with Crippen molar-refractivity contribution in [2.45, 2.75) is 0 Å². The lowest BCUT2D eigenvalue weighted by atomic mass is 10.0. The molecular weight excluding hydrogens is 733 g/mol. The third-order valence-corrected chi connectivity index (χ3v) is 13.5. The van der Waals surface area contributed by atoms with E-state index in [1.54, 1.807) is 0 Å². The molecule has 0 saturated carbocycles. The summed E-state index contributed by atoms with van der Waals surface area (Å²) in [4.78, 5) is 15.8. The fourth-order valence-corrected chi connectivity index (χ4v) is 10.9. The minimum absolute atomic E-state index is 0.593. The third kappa shape index (κ3) is 5.15. The Labute approximate surface area is 335 Å². The standard InChI is InChI=1S/C51H30N4S2/c1-3-11-31(12-4-1)33-19-23-35(24-20-33)49-52-50(36-25-21-34(22-26-36)32-13-5-2-6-14-32)54-51(53-49)55-41-29-27-39-37-15-7-9-17-43(37)56-47(39)45(41)46-42(55)30-28-40-38-16-8-10-18-44(38)57-48(40)46/h1-30H. The largest absolute Gasteiger partial charge is 0.278 e. The maximum Gasteiger partial charge on any atom is 0.238 e. The Morgan fingerprint density at radius 1 is 0.316 bits per heavy atom. The molecule has 4 nitrogen and oxygen atoms in total. The molecule has 4 heterocycles. The molecule has 0 bridgehead atoms. The summed E-state index contributed by atoms with van der Waals surface area (Å²) in [6.45, 7) is 0. The number of benzene rings is 8. The molecule has 12 rings (SSSR count). The van der Waals surface area contributed by atoms with Crippen LogP contribution in [0.25, 0.3) is 113 Å². The maximum atomic E-state index is 5.33. The van der Waals surface area contributed by atoms with E-state index in [0.717, 1.165) is 33.3 Å². The van der Waals surface area contributed by atoms with Crippen LogP contribution in [-0.2, 0) is 0 Å². The summed E-state index contributed by atoms with van der Waals surface area (Å²) in [7, 11) is 0. The first-order valence-electron chi connectivity index (χ1n) is 19.0. The summed E-state index contributed by atoms with van der Waals surface area (Å²) < 4.78 is 7.40. The van der Waals surface area contributed by atoms with Crippen LogP contribution in [0.1, 0.15) is 0 Å². The van der Waals surface area contributed by atoms with Crippen LogP contribution in [0.5, 0.6) is 0 Å². The first kappa shape index (κ1) is 32.3. The van der Waals surface area contributed by atoms with Crippen LogP contribution in [0.4, 0.5) is 0 Å². The molecule has 6 heteroatoms. The molecule has 0 unspecified atom stereocenters. The molecule has 0 fully saturated rings. The van der Waals surface area contributed by atoms with Gasteiger partial charge in [0.05, 0.1) is 11.0 Å². The summed E-state index contributed by atoms with van der Waals surface area (Å²) in [5.41, 5.74) is 8.65. The molecular formula is C51H30N4S2. The Hall–Kier alpha value is -6.99. The second kappa shape index (κ2) is 12.8. The molecule has 0 radical (unpaired) electrons. The predicted octanol–water partition coefficient (Wildman–Crippen LogP) is 14.4. The van der Waals surface area contributed by atoms with Crippen molar-refractivity contribution in [2.24, 2.45) is 0 Å². The average molecular weight is 763 g/mol. The van der Waals surface area contributed by atoms with E-state index in [4.69, 9.17) is 15.0 Å². The minimum atomic E-state index is 0.593. The number of fused-ring (bicyclic) bond motifs is 11. The van der Waals surface area contributed by atoms with Gasteiger partial charge in [0.15, 0.2) is 11.6 Å². The van der Waals surface area contributed by atoms with Crippen molar-refractivity contribution in [1.29, 1.82) is 0 Å². The van der Waals surface area contributed by atoms with Gasteiger partial charge in [-0.15, -0.1) is 22.7 Å². The molecule has 0 N–H and O–H groups in total. The number of thiophene rings is 2. The quantitative estimate of drug-likeness (QED) is 0.175. The maximum absolute atomic E-state index is 5.33. The van der Waals surface area contributed by atoms with Crippen molar-refractivity contribution < 1.29 is 0 Å². The zero-order valence-electron chi connectivity index (χ0n) is 30.4. The van der Waals surface area contributed by atoms with E-state index in [2.05, 4.69) is 174 Å². The van der Waals surface area contributed by atoms with Crippen molar-refractivity contribution in [3.63, 3.8) is 0 Å². The zero-order chi connectivity index (χ0) is 37.5. The highest BCUT2D eigenvalue weighted by molar-refractivity contribution is 7.28. The fourth-order valence-electron chi connectivity index (χ4n) is 8.37. The van der Waals surface area contributed by atoms with Gasteiger partial charge in [0, 0.05) is 62.2 Å². The van der Waals surface area contributed by atoms with Gasteiger partial charge in [0.25, 0.3) is 0 Å². The van der Waals surface area contributed by atoms with Gasteiger partial charge in [-0.3, -0.25) is 4.57 Å². The molecule has 0 amide bonds. The molecule has 4 aromatic heterocycles. The number of hydrogen-bond acceptors (Lipinski definition) is 5. The lowest BCUT2D eigenvalue weighted by Crippen LogP contribution is -2.06. The van der Waals surface area contributed by atoms with Crippen LogP contribution in [0.3, 0.4) is 0 Å². The second-order valence-electron chi connectivity index (χ2n) is 14.4. The Morgan fingerprint density at radius 2 is 0.702 bits per heavy atom. The van der Waals surface area contributed by atoms with Gasteiger partial charge in [-0.1, -0.05) is 158 Å². The van der Waals surface area contributed by atoms with Crippen molar-refractivity contribution in [2.75, 3.05) is 0 Å². The Kier molecular flexibility index (Phi) is 7.24. The van der Waals surface area contributed by atoms with Crippen LogP contribution in [0.2, 0.25) is 0 Å². The van der Waals surface area contributed by atoms with Crippen LogP contribution < -0.4 is 0 Å². The van der Waals surface area contributed by atoms with Crippen LogP contribution >= 0.6 is 22.7 Å². The molecule has 0 atom stereocenters. The third-order valence-electron chi connectivity index (χ3n) is 11.1. The van der Waals surface area contributed by atoms with E-state index in [0.29, 0.717) is 17.6 Å². The Bertz CT molecular complexity index is 3260. The highest BCUT2D eigenvalue weighted by Gasteiger charge is 2.23. The van der Waals surface area contributed by atoms with Gasteiger partial charge in [-0.25, -0.2) is 4.98 Å². The van der Waals surface area contributed by atoms with Gasteiger partial charge >= 0.3 is 0 Å². The first-order chi connectivity index (χ1) is 28.2. The summed E-state index contributed by atoms with van der Waals surface area (Å²) in [6, 6.07) is 64.6. The summed E-state index contributed by atoms with van der Waals surface area (Å²) in [5.74, 6) is 1.85. The van der Waals surface area contributed by atoms with Crippen molar-refractivity contribution >= 4 is 84.8 Å². The van der Waals surface area contributed by atoms with Gasteiger partial charge in [0.1, 0.15) is 0 Å². The highest BCUT2D eigenvalue weighted by Crippen LogP contribution is 2.48. The molecule has 57 heavy (non-hydrogen) atoms. The zero-order valence-corrected chi connectivity index (χ0v) is 32.1. The van der Waals surface area contributed by atoms with Gasteiger partial charge in [-0.2, -0.15) is 9.97 Å². The Balaban J connectivity index is 1.14. The molecule has 266 valence electrons. The monoisotopic (exact) mass is 762 g/mol. The van der Waals surface area contributed by atoms with E-state index in [1.807, 2.05) is 34.8 Å². The molecule has 0 aliphatic carbocycles. The van der Waals surface area contributed by atoms with Gasteiger partial charge in [0.2, 0.25) is 5.95 Å². The topological polar surface area (TPSA) is 43.6 Å². The van der Waals surface area contributed by atoms with Crippen LogP contribution in [-0.4, -0.2) is 19.5 Å². The number of rotatable bonds is 5. The molecule has 12 aromatic rings. The van der Waals surface area contributed by atoms with Crippen molar-refractivity contribution in [1.82, 2.24) is 19.5 Å². The van der Waals surface area contributed by atoms with E-state index in [1.165, 1.54) is 62.2 Å². The highest BCUT2D eigenvalue weighted by atomic mass is 32.1. The molecule has 0 spiro atoms. The number of nitrogens with zero attached hydrogens (tertiary/aromatic N) is 4. The lowest BCUT2D eigenvalue weighted by Gasteiger charge is -2.12. The first-order valence-corrected chi connectivity index (χ1v) is 20.7. The van der Waals surface area contributed by atoms with Crippen LogP contribution in [0, 0.1) is 0 Å². The molecule has 0 saturated heterocycles. The number of aromatic nitrogens is 4. The SMILES string of the molecule is c1ccc(-c2ccc(-c3nc(-c4ccc(-c5ccccc5)cc4)nc(-n4c5ccc6c7ccccc7sc6c5c5c6sc7ccccc7c6ccc54)n3)cc2)cc1. The summed E-state index contributed by atoms with van der Waals surface area (Å²) in [6.07, 6.45) is 0. The van der Waals surface area contributed by atoms with Crippen molar-refractivity contribution in [3.05, 3.63) is 182 Å². The minimum Gasteiger partial charge on any atom is -0.278 e. The normalized spacial score (nSPS) is 11.9. The average Bonchev–Trinajstić information content (AvgIpc) is 3.96. The lowest BCUT2D eigenvalue weighted by molar-refractivity contribution is 0.954. The predicted molar refractivity (Wildman–Crippen MR) is 242 cm³/mol. The summed E-state index contributed by atoms with van der Waals surface area (Å²) >= 11 is 3.73. The smallest absolute Gasteiger partial charge is 0.238 e. The molecule has 0 aliphatic heterocycles. The van der Waals surface area contributed by atoms with Gasteiger partial charge < -0.3 is 0 Å². The van der Waals surface area contributed by atoms with Crippen molar-refractivity contribution in [3.8, 4) is 51.0 Å². The van der Waals surface area contributed by atoms with Crippen LogP contribution in [0.15, 0.2) is 182 Å². The van der Waals surface area contributed by atoms with Gasteiger partial charge in [-0.05, 0) is 46.5 Å². The number of hydrogen-bond donors (Lipinski definition) is 0.